The minimum Gasteiger partial charge on any atom is -0.456 e. The van der Waals surface area contributed by atoms with E-state index in [1.807, 2.05) is 6.07 Å². The molecule has 3 nitrogen and oxygen atoms in total. The van der Waals surface area contributed by atoms with Crippen molar-refractivity contribution in [2.24, 2.45) is 0 Å². The van der Waals surface area contributed by atoms with Crippen molar-refractivity contribution in [2.75, 3.05) is 4.90 Å². The summed E-state index contributed by atoms with van der Waals surface area (Å²) < 4.78 is 8.77. The van der Waals surface area contributed by atoms with Crippen molar-refractivity contribution >= 4 is 82.4 Å². The summed E-state index contributed by atoms with van der Waals surface area (Å²) in [5.41, 5.74) is 13.2. The molecule has 0 aliphatic heterocycles. The van der Waals surface area contributed by atoms with Crippen LogP contribution in [0.4, 0.5) is 17.1 Å². The smallest absolute Gasteiger partial charge is 0.136 e. The fraction of sp³-hybridized carbons (Fsp3) is 0. The molecule has 59 heavy (non-hydrogen) atoms. The van der Waals surface area contributed by atoms with Gasteiger partial charge >= 0.3 is 0 Å². The van der Waals surface area contributed by atoms with Gasteiger partial charge in [-0.2, -0.15) is 0 Å². The van der Waals surface area contributed by atoms with Gasteiger partial charge in [-0.05, 0) is 105 Å². The van der Waals surface area contributed by atoms with E-state index in [-0.39, 0.29) is 0 Å². The molecule has 0 spiro atoms. The van der Waals surface area contributed by atoms with Crippen LogP contribution in [0.2, 0.25) is 0 Å². The van der Waals surface area contributed by atoms with Gasteiger partial charge in [-0.3, -0.25) is 0 Å². The van der Waals surface area contributed by atoms with Gasteiger partial charge in [-0.1, -0.05) is 152 Å². The Labute approximate surface area is 341 Å². The second-order valence-corrected chi connectivity index (χ2v) is 15.3. The minimum absolute atomic E-state index is 0.884. The van der Waals surface area contributed by atoms with E-state index in [0.717, 1.165) is 61.4 Å². The minimum atomic E-state index is 0.884. The number of fused-ring (bicyclic) bond motifs is 9. The molecule has 0 fully saturated rings. The lowest BCUT2D eigenvalue weighted by atomic mass is 9.96. The number of aromatic nitrogens is 1. The third-order valence-corrected chi connectivity index (χ3v) is 12.0. The summed E-state index contributed by atoms with van der Waals surface area (Å²) in [5.74, 6) is 0. The summed E-state index contributed by atoms with van der Waals surface area (Å²) in [6.07, 6.45) is 0. The highest BCUT2D eigenvalue weighted by Crippen LogP contribution is 2.46. The Morgan fingerprint density at radius 3 is 1.76 bits per heavy atom. The topological polar surface area (TPSA) is 21.3 Å². The normalized spacial score (nSPS) is 11.7. The first-order valence-electron chi connectivity index (χ1n) is 20.2. The molecule has 276 valence electrons. The van der Waals surface area contributed by atoms with Crippen molar-refractivity contribution < 1.29 is 4.42 Å². The number of para-hydroxylation sites is 4. The Morgan fingerprint density at radius 1 is 0.356 bits per heavy atom. The second kappa shape index (κ2) is 13.4. The zero-order chi connectivity index (χ0) is 38.9. The van der Waals surface area contributed by atoms with Gasteiger partial charge in [-0.25, -0.2) is 0 Å². The van der Waals surface area contributed by atoms with Crippen LogP contribution in [0.15, 0.2) is 223 Å². The van der Waals surface area contributed by atoms with E-state index in [4.69, 9.17) is 4.42 Å². The molecule has 0 saturated heterocycles. The molecular weight excluding hydrogens is 717 g/mol. The van der Waals surface area contributed by atoms with Crippen LogP contribution in [0.25, 0.3) is 93.2 Å². The lowest BCUT2D eigenvalue weighted by Gasteiger charge is -2.28. The molecule has 2 aromatic heterocycles. The Bertz CT molecular complexity index is 3520. The Hall–Kier alpha value is -7.88. The molecule has 0 amide bonds. The van der Waals surface area contributed by atoms with Crippen molar-refractivity contribution in [3.8, 4) is 27.9 Å². The first kappa shape index (κ1) is 33.3. The lowest BCUT2D eigenvalue weighted by molar-refractivity contribution is 0.669. The summed E-state index contributed by atoms with van der Waals surface area (Å²) in [6, 6.07) is 78.8. The van der Waals surface area contributed by atoms with Crippen LogP contribution < -0.4 is 4.90 Å². The van der Waals surface area contributed by atoms with E-state index in [0.29, 0.717) is 0 Å². The maximum atomic E-state index is 6.39. The van der Waals surface area contributed by atoms with Gasteiger partial charge in [0.25, 0.3) is 0 Å². The number of rotatable bonds is 6. The Kier molecular flexibility index (Phi) is 7.54. The predicted molar refractivity (Wildman–Crippen MR) is 249 cm³/mol. The molecule has 0 radical (unpaired) electrons. The van der Waals surface area contributed by atoms with Gasteiger partial charge in [0.2, 0.25) is 0 Å². The molecule has 2 heterocycles. The maximum absolute atomic E-state index is 6.39. The van der Waals surface area contributed by atoms with Gasteiger partial charge in [0.15, 0.2) is 0 Å². The van der Waals surface area contributed by atoms with Gasteiger partial charge in [0.05, 0.1) is 16.7 Å². The fourth-order valence-corrected chi connectivity index (χ4v) is 9.28. The van der Waals surface area contributed by atoms with E-state index in [2.05, 4.69) is 222 Å². The first-order valence-corrected chi connectivity index (χ1v) is 20.2. The third-order valence-electron chi connectivity index (χ3n) is 12.0. The largest absolute Gasteiger partial charge is 0.456 e. The highest BCUT2D eigenvalue weighted by atomic mass is 16.3. The average molecular weight is 753 g/mol. The predicted octanol–water partition coefficient (Wildman–Crippen LogP) is 15.8. The van der Waals surface area contributed by atoms with Crippen molar-refractivity contribution in [2.45, 2.75) is 0 Å². The van der Waals surface area contributed by atoms with Crippen LogP contribution in [0.5, 0.6) is 0 Å². The summed E-state index contributed by atoms with van der Waals surface area (Å²) in [6.45, 7) is 0. The molecule has 0 aliphatic rings. The number of anilines is 3. The summed E-state index contributed by atoms with van der Waals surface area (Å²) in [4.78, 5) is 2.41. The van der Waals surface area contributed by atoms with Crippen LogP contribution in [0.3, 0.4) is 0 Å². The SMILES string of the molecule is c1cc(-c2ccc(N(c3ccc4ccc5ccccc5c4c3)c3ccccc3-c3cccc4oc5ccccc5c34)cc2)cc(-n2c3ccccc3c3ccccc32)c1. The van der Waals surface area contributed by atoms with Gasteiger partial charge in [0, 0.05) is 44.2 Å². The van der Waals surface area contributed by atoms with Gasteiger partial charge in [-0.15, -0.1) is 0 Å². The van der Waals surface area contributed by atoms with Gasteiger partial charge in [0.1, 0.15) is 11.2 Å². The van der Waals surface area contributed by atoms with Crippen LogP contribution in [0, 0.1) is 0 Å². The van der Waals surface area contributed by atoms with Crippen molar-refractivity contribution in [3.63, 3.8) is 0 Å². The highest BCUT2D eigenvalue weighted by Gasteiger charge is 2.21. The summed E-state index contributed by atoms with van der Waals surface area (Å²) in [5, 5.41) is 9.68. The van der Waals surface area contributed by atoms with Crippen LogP contribution in [-0.2, 0) is 0 Å². The standard InChI is InChI=1S/C56H36N2O/c1-2-16-44-38(13-1)27-28-39-31-34-43(36-50(39)44)57(51-22-7-5-19-47(51)48-21-12-26-55-56(48)49-20-6-10-25-54(49)59-55)41-32-29-37(30-33-41)40-14-11-15-42(35-40)58-52-23-8-3-17-45(52)46-18-4-9-24-53(46)58/h1-36H. The second-order valence-electron chi connectivity index (χ2n) is 15.3. The Morgan fingerprint density at radius 2 is 0.949 bits per heavy atom. The van der Waals surface area contributed by atoms with Crippen LogP contribution >= 0.6 is 0 Å². The molecule has 0 bridgehead atoms. The molecule has 0 atom stereocenters. The zero-order valence-electron chi connectivity index (χ0n) is 32.1. The van der Waals surface area contributed by atoms with E-state index >= 15 is 0 Å². The number of hydrogen-bond donors (Lipinski definition) is 0. The van der Waals surface area contributed by atoms with E-state index < -0.39 is 0 Å². The van der Waals surface area contributed by atoms with Gasteiger partial charge < -0.3 is 13.9 Å². The molecular formula is C56H36N2O. The monoisotopic (exact) mass is 752 g/mol. The first-order chi connectivity index (χ1) is 29.3. The summed E-state index contributed by atoms with van der Waals surface area (Å²) >= 11 is 0. The molecule has 10 aromatic carbocycles. The molecule has 0 aliphatic carbocycles. The molecule has 3 heteroatoms. The molecule has 12 rings (SSSR count). The lowest BCUT2D eigenvalue weighted by Crippen LogP contribution is -2.11. The summed E-state index contributed by atoms with van der Waals surface area (Å²) in [7, 11) is 0. The van der Waals surface area contributed by atoms with Crippen molar-refractivity contribution in [1.29, 1.82) is 0 Å². The van der Waals surface area contributed by atoms with E-state index in [9.17, 15) is 0 Å². The van der Waals surface area contributed by atoms with Crippen LogP contribution in [-0.4, -0.2) is 4.57 Å². The highest BCUT2D eigenvalue weighted by molar-refractivity contribution is 6.14. The molecule has 0 unspecified atom stereocenters. The van der Waals surface area contributed by atoms with Crippen molar-refractivity contribution in [3.05, 3.63) is 218 Å². The molecule has 12 aromatic rings. The third kappa shape index (κ3) is 5.36. The van der Waals surface area contributed by atoms with Crippen molar-refractivity contribution in [1.82, 2.24) is 4.57 Å². The number of hydrogen-bond acceptors (Lipinski definition) is 2. The zero-order valence-corrected chi connectivity index (χ0v) is 32.1. The van der Waals surface area contributed by atoms with Crippen LogP contribution in [0.1, 0.15) is 0 Å². The van der Waals surface area contributed by atoms with E-state index in [1.54, 1.807) is 0 Å². The Balaban J connectivity index is 1.03. The number of furan rings is 1. The number of benzene rings is 10. The number of nitrogens with zero attached hydrogens (tertiary/aromatic N) is 2. The molecule has 0 saturated carbocycles. The average Bonchev–Trinajstić information content (AvgIpc) is 3.86. The fourth-order valence-electron chi connectivity index (χ4n) is 9.28. The molecule has 0 N–H and O–H groups in total. The van der Waals surface area contributed by atoms with E-state index in [1.165, 1.54) is 48.9 Å². The maximum Gasteiger partial charge on any atom is 0.136 e. The quantitative estimate of drug-likeness (QED) is 0.158.